The fourth-order valence-electron chi connectivity index (χ4n) is 5.92. The van der Waals surface area contributed by atoms with Gasteiger partial charge in [-0.25, -0.2) is 0 Å². The highest BCUT2D eigenvalue weighted by molar-refractivity contribution is 7.73. The lowest BCUT2D eigenvalue weighted by Crippen LogP contribution is -2.23. The lowest BCUT2D eigenvalue weighted by molar-refractivity contribution is 0.410. The Bertz CT molecular complexity index is 959. The van der Waals surface area contributed by atoms with Gasteiger partial charge in [0.15, 0.2) is 0 Å². The average Bonchev–Trinajstić information content (AvgIpc) is 2.82. The van der Waals surface area contributed by atoms with Crippen LogP contribution in [0.15, 0.2) is 66.7 Å². The molecular weight excluding hydrogens is 451 g/mol. The number of hydrogen-bond acceptors (Lipinski definition) is 0. The van der Waals surface area contributed by atoms with Crippen molar-refractivity contribution in [2.45, 2.75) is 105 Å². The van der Waals surface area contributed by atoms with E-state index in [1.165, 1.54) is 85.6 Å². The number of unbranched alkanes of at least 4 members (excludes halogenated alkanes) is 1. The largest absolute Gasteiger partial charge is 0.0654 e. The standard InChI is InChI=1S/C35H49P/c1-7-9-15-31(26-32-16-11-10-12-17-32)18-13-19-33(14-8-2)36(34-22-27(3)20-28(4)23-34)35-24-29(5)21-30(6)25-35/h10-12,16-17,20-25,31,33H,7-9,13-15,18-19,26H2,1-6H3. The molecule has 0 radical (unpaired) electrons. The van der Waals surface area contributed by atoms with Crippen LogP contribution in [-0.4, -0.2) is 5.66 Å². The molecule has 3 aromatic rings. The van der Waals surface area contributed by atoms with Gasteiger partial charge in [0.1, 0.15) is 0 Å². The Morgan fingerprint density at radius 1 is 0.583 bits per heavy atom. The number of rotatable bonds is 14. The Balaban J connectivity index is 1.83. The third kappa shape index (κ3) is 8.88. The molecule has 0 bridgehead atoms. The number of hydrogen-bond donors (Lipinski definition) is 0. The SMILES string of the molecule is CCCCC(CCCC(CCC)P(c1cc(C)cc(C)c1)c1cc(C)cc(C)c1)Cc1ccccc1. The normalized spacial score (nSPS) is 13.2. The predicted molar refractivity (Wildman–Crippen MR) is 164 cm³/mol. The second-order valence-corrected chi connectivity index (χ2v) is 13.6. The molecule has 3 rings (SSSR count). The summed E-state index contributed by atoms with van der Waals surface area (Å²) in [5.41, 5.74) is 7.87. The summed E-state index contributed by atoms with van der Waals surface area (Å²) in [6.07, 6.45) is 11.9. The monoisotopic (exact) mass is 500 g/mol. The maximum absolute atomic E-state index is 2.48. The first-order valence-corrected chi connectivity index (χ1v) is 15.8. The third-order valence-corrected chi connectivity index (χ3v) is 10.3. The summed E-state index contributed by atoms with van der Waals surface area (Å²) in [7, 11) is -0.375. The second kappa shape index (κ2) is 14.7. The molecule has 3 aromatic carbocycles. The fraction of sp³-hybridized carbons (Fsp3) is 0.486. The fourth-order valence-corrected chi connectivity index (χ4v) is 9.39. The van der Waals surface area contributed by atoms with Gasteiger partial charge < -0.3 is 0 Å². The van der Waals surface area contributed by atoms with Crippen LogP contribution < -0.4 is 10.6 Å². The van der Waals surface area contributed by atoms with E-state index in [0.717, 1.165) is 11.6 Å². The van der Waals surface area contributed by atoms with Crippen molar-refractivity contribution in [3.8, 4) is 0 Å². The van der Waals surface area contributed by atoms with Crippen LogP contribution in [0.1, 0.15) is 93.0 Å². The molecule has 0 saturated carbocycles. The van der Waals surface area contributed by atoms with Crippen LogP contribution in [0.3, 0.4) is 0 Å². The lowest BCUT2D eigenvalue weighted by atomic mass is 9.89. The molecule has 36 heavy (non-hydrogen) atoms. The highest BCUT2D eigenvalue weighted by Crippen LogP contribution is 2.45. The van der Waals surface area contributed by atoms with Gasteiger partial charge in [0.2, 0.25) is 0 Å². The van der Waals surface area contributed by atoms with Gasteiger partial charge in [0, 0.05) is 0 Å². The number of aryl methyl sites for hydroxylation is 4. The van der Waals surface area contributed by atoms with Gasteiger partial charge in [-0.15, -0.1) is 0 Å². The van der Waals surface area contributed by atoms with Crippen molar-refractivity contribution >= 4 is 18.5 Å². The average molecular weight is 501 g/mol. The van der Waals surface area contributed by atoms with Gasteiger partial charge in [-0.1, -0.05) is 141 Å². The molecule has 2 unspecified atom stereocenters. The molecular formula is C35H49P. The van der Waals surface area contributed by atoms with E-state index in [-0.39, 0.29) is 7.92 Å². The Morgan fingerprint density at radius 2 is 1.11 bits per heavy atom. The highest BCUT2D eigenvalue weighted by Gasteiger charge is 2.25. The van der Waals surface area contributed by atoms with Crippen LogP contribution in [-0.2, 0) is 6.42 Å². The molecule has 0 aliphatic rings. The van der Waals surface area contributed by atoms with E-state index in [2.05, 4.69) is 108 Å². The van der Waals surface area contributed by atoms with Crippen LogP contribution in [0, 0.1) is 33.6 Å². The van der Waals surface area contributed by atoms with E-state index in [1.54, 1.807) is 10.6 Å². The molecule has 0 spiro atoms. The summed E-state index contributed by atoms with van der Waals surface area (Å²) < 4.78 is 0. The zero-order valence-electron chi connectivity index (χ0n) is 23.8. The molecule has 0 fully saturated rings. The molecule has 1 heteroatoms. The summed E-state index contributed by atoms with van der Waals surface area (Å²) in [5.74, 6) is 0.809. The van der Waals surface area contributed by atoms with E-state index < -0.39 is 0 Å². The van der Waals surface area contributed by atoms with E-state index in [1.807, 2.05) is 0 Å². The maximum atomic E-state index is 2.48. The topological polar surface area (TPSA) is 0 Å². The van der Waals surface area contributed by atoms with Crippen LogP contribution in [0.25, 0.3) is 0 Å². The first kappa shape index (κ1) is 28.7. The predicted octanol–water partition coefficient (Wildman–Crippen LogP) is 9.74. The minimum atomic E-state index is -0.375. The van der Waals surface area contributed by atoms with Gasteiger partial charge in [0.05, 0.1) is 0 Å². The van der Waals surface area contributed by atoms with Crippen LogP contribution in [0.4, 0.5) is 0 Å². The first-order valence-electron chi connectivity index (χ1n) is 14.4. The Morgan fingerprint density at radius 3 is 1.61 bits per heavy atom. The second-order valence-electron chi connectivity index (χ2n) is 11.1. The lowest BCUT2D eigenvalue weighted by Gasteiger charge is -2.30. The van der Waals surface area contributed by atoms with Gasteiger partial charge in [-0.05, 0) is 82.6 Å². The molecule has 2 atom stereocenters. The molecule has 0 aliphatic carbocycles. The van der Waals surface area contributed by atoms with Gasteiger partial charge in [-0.3, -0.25) is 0 Å². The van der Waals surface area contributed by atoms with E-state index in [4.69, 9.17) is 0 Å². The first-order chi connectivity index (χ1) is 17.4. The van der Waals surface area contributed by atoms with Crippen molar-refractivity contribution in [2.24, 2.45) is 5.92 Å². The van der Waals surface area contributed by atoms with Crippen LogP contribution >= 0.6 is 7.92 Å². The van der Waals surface area contributed by atoms with Crippen molar-refractivity contribution in [2.75, 3.05) is 0 Å². The minimum Gasteiger partial charge on any atom is -0.0654 e. The summed E-state index contributed by atoms with van der Waals surface area (Å²) in [6, 6.07) is 25.8. The Labute approximate surface area is 223 Å². The third-order valence-electron chi connectivity index (χ3n) is 7.44. The van der Waals surface area contributed by atoms with Crippen molar-refractivity contribution < 1.29 is 0 Å². The van der Waals surface area contributed by atoms with Crippen molar-refractivity contribution in [1.29, 1.82) is 0 Å². The van der Waals surface area contributed by atoms with Gasteiger partial charge >= 0.3 is 0 Å². The van der Waals surface area contributed by atoms with E-state index in [0.29, 0.717) is 0 Å². The Kier molecular flexibility index (Phi) is 11.7. The molecule has 194 valence electrons. The van der Waals surface area contributed by atoms with E-state index in [9.17, 15) is 0 Å². The summed E-state index contributed by atoms with van der Waals surface area (Å²) in [5, 5.41) is 3.16. The summed E-state index contributed by atoms with van der Waals surface area (Å²) in [6.45, 7) is 13.8. The summed E-state index contributed by atoms with van der Waals surface area (Å²) >= 11 is 0. The van der Waals surface area contributed by atoms with Gasteiger partial charge in [0.25, 0.3) is 0 Å². The molecule has 0 nitrogen and oxygen atoms in total. The Hall–Kier alpha value is -1.91. The van der Waals surface area contributed by atoms with Gasteiger partial charge in [-0.2, -0.15) is 0 Å². The van der Waals surface area contributed by atoms with Crippen LogP contribution in [0.2, 0.25) is 0 Å². The minimum absolute atomic E-state index is 0.375. The maximum Gasteiger partial charge on any atom is -0.0129 e. The molecule has 0 aliphatic heterocycles. The quantitative estimate of drug-likeness (QED) is 0.193. The van der Waals surface area contributed by atoms with Crippen molar-refractivity contribution in [3.05, 3.63) is 94.5 Å². The smallest absolute Gasteiger partial charge is 0.0129 e. The molecule has 0 N–H and O–H groups in total. The molecule has 0 amide bonds. The zero-order valence-corrected chi connectivity index (χ0v) is 24.7. The molecule has 0 heterocycles. The molecule has 0 aromatic heterocycles. The van der Waals surface area contributed by atoms with Crippen molar-refractivity contribution in [1.82, 2.24) is 0 Å². The van der Waals surface area contributed by atoms with Crippen LogP contribution in [0.5, 0.6) is 0 Å². The van der Waals surface area contributed by atoms with Crippen molar-refractivity contribution in [3.63, 3.8) is 0 Å². The number of benzene rings is 3. The highest BCUT2D eigenvalue weighted by atomic mass is 31.1. The van der Waals surface area contributed by atoms with E-state index >= 15 is 0 Å². The summed E-state index contributed by atoms with van der Waals surface area (Å²) in [4.78, 5) is 0. The zero-order chi connectivity index (χ0) is 25.9. The molecule has 0 saturated heterocycles.